The molecule has 3 N–H and O–H groups in total. The zero-order valence-corrected chi connectivity index (χ0v) is 43.3. The Hall–Kier alpha value is -6.46. The van der Waals surface area contributed by atoms with Gasteiger partial charge in [0, 0.05) is 69.6 Å². The summed E-state index contributed by atoms with van der Waals surface area (Å²) in [7, 11) is -1.45. The second kappa shape index (κ2) is 26.7. The number of ether oxygens (including phenoxy) is 2. The molecule has 1 heterocycles. The van der Waals surface area contributed by atoms with Gasteiger partial charge in [-0.25, -0.2) is 18.4 Å². The molecule has 2 atom stereocenters. The van der Waals surface area contributed by atoms with Crippen molar-refractivity contribution in [3.63, 3.8) is 0 Å². The molecule has 5 rings (SSSR count). The molecule has 380 valence electrons. The highest BCUT2D eigenvalue weighted by Gasteiger charge is 2.38. The van der Waals surface area contributed by atoms with Crippen LogP contribution in [-0.2, 0) is 43.6 Å². The number of benzene rings is 4. The van der Waals surface area contributed by atoms with Crippen LogP contribution in [0.25, 0.3) is 11.1 Å². The normalized spacial score (nSPS) is 12.3. The zero-order chi connectivity index (χ0) is 51.6. The minimum Gasteiger partial charge on any atom is -0.481 e. The average molecular weight is 1010 g/mol. The van der Waals surface area contributed by atoms with E-state index in [9.17, 15) is 28.7 Å². The fourth-order valence-electron chi connectivity index (χ4n) is 7.89. The second-order valence-corrected chi connectivity index (χ2v) is 26.2. The highest BCUT2D eigenvalue weighted by Crippen LogP contribution is 2.41. The number of halogens is 2. The molecule has 0 aliphatic carbocycles. The van der Waals surface area contributed by atoms with Crippen molar-refractivity contribution in [2.45, 2.75) is 91.1 Å². The first-order valence-electron chi connectivity index (χ1n) is 23.8. The predicted molar refractivity (Wildman–Crippen MR) is 276 cm³/mol. The molecular weight excluding hydrogens is 945 g/mol. The SMILES string of the molecule is CC(C)(C)[C@H](c1cc(-c2cc(F)ccc2F)cn1Cc1ccccc1)N(CCCNC(=O)OCC[Si](C)(C)C)C(=O)CSC[C@@H](C(=O)NCCC(=O)O)N(Cc1ccccc1)C(=O)OCc1ccccc1. The number of amides is 4. The van der Waals surface area contributed by atoms with E-state index in [-0.39, 0.29) is 62.2 Å². The van der Waals surface area contributed by atoms with Gasteiger partial charge in [0.2, 0.25) is 11.8 Å². The Labute approximate surface area is 421 Å². The Morgan fingerprint density at radius 2 is 1.42 bits per heavy atom. The van der Waals surface area contributed by atoms with Crippen LogP contribution in [-0.4, -0.2) is 101 Å². The van der Waals surface area contributed by atoms with E-state index in [1.54, 1.807) is 41.4 Å². The predicted octanol–water partition coefficient (Wildman–Crippen LogP) is 10.4. The molecule has 0 spiro atoms. The number of carboxylic acid groups (broad SMARTS) is 1. The van der Waals surface area contributed by atoms with Gasteiger partial charge in [-0.15, -0.1) is 11.8 Å². The summed E-state index contributed by atoms with van der Waals surface area (Å²) in [6.45, 7) is 13.2. The Balaban J connectivity index is 1.49. The van der Waals surface area contributed by atoms with E-state index in [1.807, 2.05) is 92.1 Å². The first kappa shape index (κ1) is 55.5. The zero-order valence-electron chi connectivity index (χ0n) is 41.5. The third-order valence-corrected chi connectivity index (χ3v) is 14.2. The van der Waals surface area contributed by atoms with Gasteiger partial charge in [-0.2, -0.15) is 0 Å². The van der Waals surface area contributed by atoms with Gasteiger partial charge in [0.15, 0.2) is 0 Å². The number of thioether (sulfide) groups is 1. The second-order valence-electron chi connectivity index (χ2n) is 19.6. The largest absolute Gasteiger partial charge is 0.481 e. The molecule has 17 heteroatoms. The first-order chi connectivity index (χ1) is 33.8. The third kappa shape index (κ3) is 18.0. The van der Waals surface area contributed by atoms with Crippen molar-refractivity contribution < 1.29 is 47.3 Å². The van der Waals surface area contributed by atoms with Crippen molar-refractivity contribution in [1.29, 1.82) is 0 Å². The maximum atomic E-state index is 15.5. The molecule has 71 heavy (non-hydrogen) atoms. The Kier molecular flexibility index (Phi) is 20.8. The summed E-state index contributed by atoms with van der Waals surface area (Å²) in [5.41, 5.74) is 2.83. The highest BCUT2D eigenvalue weighted by atomic mass is 32.2. The topological polar surface area (TPSA) is 160 Å². The molecule has 1 aromatic heterocycles. The van der Waals surface area contributed by atoms with Crippen molar-refractivity contribution in [1.82, 2.24) is 25.0 Å². The average Bonchev–Trinajstić information content (AvgIpc) is 3.72. The number of carbonyl (C=O) groups is 5. The number of aromatic nitrogens is 1. The summed E-state index contributed by atoms with van der Waals surface area (Å²) in [5, 5.41) is 14.9. The van der Waals surface area contributed by atoms with E-state index < -0.39 is 61.3 Å². The lowest BCUT2D eigenvalue weighted by Crippen LogP contribution is -2.51. The number of hydrogen-bond acceptors (Lipinski definition) is 8. The Morgan fingerprint density at radius 3 is 2.04 bits per heavy atom. The fraction of sp³-hybridized carbons (Fsp3) is 0.389. The highest BCUT2D eigenvalue weighted by molar-refractivity contribution is 8.00. The molecule has 0 saturated heterocycles. The lowest BCUT2D eigenvalue weighted by Gasteiger charge is -2.41. The summed E-state index contributed by atoms with van der Waals surface area (Å²) >= 11 is 1.13. The van der Waals surface area contributed by atoms with E-state index in [2.05, 4.69) is 30.3 Å². The fourth-order valence-corrected chi connectivity index (χ4v) is 9.62. The van der Waals surface area contributed by atoms with Gasteiger partial charge >= 0.3 is 18.2 Å². The Morgan fingerprint density at radius 1 is 0.789 bits per heavy atom. The molecule has 13 nitrogen and oxygen atoms in total. The number of carbonyl (C=O) groups excluding carboxylic acids is 4. The van der Waals surface area contributed by atoms with Gasteiger partial charge in [0.05, 0.1) is 24.8 Å². The lowest BCUT2D eigenvalue weighted by atomic mass is 9.83. The van der Waals surface area contributed by atoms with Crippen molar-refractivity contribution in [2.24, 2.45) is 5.41 Å². The molecule has 0 fully saturated rings. The number of hydrogen-bond donors (Lipinski definition) is 3. The van der Waals surface area contributed by atoms with E-state index in [0.29, 0.717) is 36.4 Å². The molecule has 4 amide bonds. The van der Waals surface area contributed by atoms with Crippen LogP contribution in [0.5, 0.6) is 0 Å². The van der Waals surface area contributed by atoms with Crippen molar-refractivity contribution in [3.8, 4) is 11.1 Å². The van der Waals surface area contributed by atoms with Crippen LogP contribution in [0.4, 0.5) is 18.4 Å². The third-order valence-electron chi connectivity index (χ3n) is 11.5. The number of alkyl carbamates (subject to hydrolysis) is 1. The van der Waals surface area contributed by atoms with Gasteiger partial charge in [-0.05, 0) is 58.8 Å². The molecule has 4 aromatic carbocycles. The molecule has 5 aromatic rings. The van der Waals surface area contributed by atoms with Crippen LogP contribution in [0.15, 0.2) is 121 Å². The van der Waals surface area contributed by atoms with Gasteiger partial charge < -0.3 is 34.7 Å². The van der Waals surface area contributed by atoms with Crippen molar-refractivity contribution in [2.75, 3.05) is 37.7 Å². The first-order valence-corrected chi connectivity index (χ1v) is 28.6. The van der Waals surface area contributed by atoms with E-state index in [4.69, 9.17) is 9.47 Å². The molecule has 0 bridgehead atoms. The molecule has 0 aliphatic heterocycles. The molecule has 0 unspecified atom stereocenters. The van der Waals surface area contributed by atoms with Gasteiger partial charge in [0.1, 0.15) is 24.3 Å². The molecule has 0 aliphatic rings. The summed E-state index contributed by atoms with van der Waals surface area (Å²) in [6, 6.07) is 31.8. The van der Waals surface area contributed by atoms with Crippen LogP contribution >= 0.6 is 11.8 Å². The number of rotatable bonds is 25. The minimum absolute atomic E-state index is 0.0293. The van der Waals surface area contributed by atoms with Gasteiger partial charge in [-0.1, -0.05) is 131 Å². The maximum absolute atomic E-state index is 15.5. The number of nitrogens with zero attached hydrogens (tertiary/aromatic N) is 3. The summed E-state index contributed by atoms with van der Waals surface area (Å²) in [5.74, 6) is -3.53. The number of carboxylic acids is 1. The smallest absolute Gasteiger partial charge is 0.411 e. The van der Waals surface area contributed by atoms with E-state index in [1.165, 1.54) is 4.90 Å². The summed E-state index contributed by atoms with van der Waals surface area (Å²) in [6.07, 6.45) is 0.393. The summed E-state index contributed by atoms with van der Waals surface area (Å²) < 4.78 is 43.4. The summed E-state index contributed by atoms with van der Waals surface area (Å²) in [4.78, 5) is 70.5. The van der Waals surface area contributed by atoms with Gasteiger partial charge in [0.25, 0.3) is 0 Å². The number of aliphatic carboxylic acids is 1. The van der Waals surface area contributed by atoms with Crippen LogP contribution < -0.4 is 10.6 Å². The number of nitrogens with one attached hydrogen (secondary N) is 2. The molecular formula is C54H67F2N5O8SSi. The van der Waals surface area contributed by atoms with Crippen LogP contribution in [0, 0.1) is 17.0 Å². The van der Waals surface area contributed by atoms with Crippen LogP contribution in [0.2, 0.25) is 25.7 Å². The van der Waals surface area contributed by atoms with E-state index in [0.717, 1.165) is 47.1 Å². The molecule has 0 saturated carbocycles. The monoisotopic (exact) mass is 1010 g/mol. The molecule has 0 radical (unpaired) electrons. The maximum Gasteiger partial charge on any atom is 0.411 e. The quantitative estimate of drug-likeness (QED) is 0.0382. The van der Waals surface area contributed by atoms with Crippen molar-refractivity contribution >= 4 is 49.8 Å². The Bertz CT molecular complexity index is 2520. The van der Waals surface area contributed by atoms with E-state index >= 15 is 9.18 Å². The van der Waals surface area contributed by atoms with Crippen LogP contribution in [0.1, 0.15) is 62.0 Å². The lowest BCUT2D eigenvalue weighted by molar-refractivity contribution is -0.137. The van der Waals surface area contributed by atoms with Crippen LogP contribution in [0.3, 0.4) is 0 Å². The van der Waals surface area contributed by atoms with Crippen molar-refractivity contribution in [3.05, 3.63) is 155 Å². The standard InChI is InChI=1S/C54H67F2N5O8SSi/c1-54(2,3)50(46-31-42(44-32-43(55)23-24-45(44)56)35-59(46)33-39-17-10-7-11-18-39)60(28-16-26-58-52(66)68-29-30-71(4,5)6)48(62)38-70-37-47(51(65)57-27-25-49(63)64)61(34-40-19-12-8-13-20-40)53(67)69-36-41-21-14-9-15-22-41/h7-15,17-24,31-32,35,47,50H,16,25-30,33-34,36-38H2,1-6H3,(H,57,65)(H,58,66)(H,63,64)/t47-,50-/m0/s1. The minimum atomic E-state index is -1.45. The van der Waals surface area contributed by atoms with Gasteiger partial charge in [-0.3, -0.25) is 19.3 Å².